The van der Waals surface area contributed by atoms with Crippen LogP contribution in [0.4, 0.5) is 0 Å². The molecule has 0 aliphatic heterocycles. The van der Waals surface area contributed by atoms with Crippen LogP contribution in [0.25, 0.3) is 21.9 Å². The molecule has 0 saturated carbocycles. The number of fused-ring (bicyclic) bond motifs is 2. The number of para-hydroxylation sites is 2. The van der Waals surface area contributed by atoms with Gasteiger partial charge in [-0.1, -0.05) is 57.2 Å². The first-order chi connectivity index (χ1) is 15.5. The highest BCUT2D eigenvalue weighted by atomic mass is 28.4. The molecule has 0 aliphatic carbocycles. The van der Waals surface area contributed by atoms with E-state index in [4.69, 9.17) is 18.4 Å². The fourth-order valence-electron chi connectivity index (χ4n) is 2.33. The summed E-state index contributed by atoms with van der Waals surface area (Å²) >= 11 is 0. The van der Waals surface area contributed by atoms with Gasteiger partial charge in [0.1, 0.15) is 11.2 Å². The van der Waals surface area contributed by atoms with Crippen LogP contribution in [0.5, 0.6) is 0 Å². The van der Waals surface area contributed by atoms with E-state index in [0.717, 1.165) is 17.9 Å². The molecule has 6 nitrogen and oxygen atoms in total. The van der Waals surface area contributed by atoms with Gasteiger partial charge >= 0.3 is 11.3 Å². The SMILES string of the molecule is CO.CO[Si](C)(C)C(C)(C)C.O=c1ccc2ccccc2o1.O=c1ccc2ccccc2o1. The average Bonchev–Trinajstić information content (AvgIpc) is 2.80. The molecule has 0 radical (unpaired) electrons. The van der Waals surface area contributed by atoms with Crippen LogP contribution in [0.2, 0.25) is 18.1 Å². The highest BCUT2D eigenvalue weighted by Crippen LogP contribution is 2.35. The predicted molar refractivity (Wildman–Crippen MR) is 137 cm³/mol. The van der Waals surface area contributed by atoms with E-state index in [1.807, 2.05) is 43.5 Å². The number of rotatable bonds is 1. The quantitative estimate of drug-likeness (QED) is 0.278. The summed E-state index contributed by atoms with van der Waals surface area (Å²) in [6, 6.07) is 21.2. The third-order valence-corrected chi connectivity index (χ3v) is 10.0. The standard InChI is InChI=1S/2C9H6O2.C7H18OSi.CH4O/c2*10-9-6-5-7-3-1-2-4-8(7)11-9;1-7(2,3)9(5,6)8-4;1-2/h2*1-6H;1-6H3;2H,1H3. The van der Waals surface area contributed by atoms with E-state index < -0.39 is 8.32 Å². The highest BCUT2D eigenvalue weighted by molar-refractivity contribution is 6.74. The third kappa shape index (κ3) is 8.80. The molecule has 0 fully saturated rings. The summed E-state index contributed by atoms with van der Waals surface area (Å²) in [7, 11) is 1.44. The molecule has 0 aliphatic rings. The molecule has 0 saturated heterocycles. The number of hydrogen-bond donors (Lipinski definition) is 1. The molecule has 2 aromatic heterocycles. The van der Waals surface area contributed by atoms with Gasteiger partial charge < -0.3 is 18.4 Å². The Hall–Kier alpha value is -3.00. The summed E-state index contributed by atoms with van der Waals surface area (Å²) in [6.07, 6.45) is 0. The van der Waals surface area contributed by atoms with Crippen molar-refractivity contribution in [2.24, 2.45) is 0 Å². The van der Waals surface area contributed by atoms with E-state index in [9.17, 15) is 9.59 Å². The van der Waals surface area contributed by atoms with Gasteiger partial charge in [0.15, 0.2) is 8.32 Å². The smallest absolute Gasteiger partial charge is 0.336 e. The molecule has 7 heteroatoms. The van der Waals surface area contributed by atoms with Gasteiger partial charge in [0, 0.05) is 37.1 Å². The number of hydrogen-bond acceptors (Lipinski definition) is 6. The highest BCUT2D eigenvalue weighted by Gasteiger charge is 2.35. The Morgan fingerprint density at radius 1 is 0.697 bits per heavy atom. The number of aliphatic hydroxyl groups excluding tert-OH is 1. The van der Waals surface area contributed by atoms with Crippen molar-refractivity contribution < 1.29 is 18.4 Å². The zero-order chi connectivity index (χ0) is 25.1. The lowest BCUT2D eigenvalue weighted by molar-refractivity contribution is 0.373. The minimum absolute atomic E-state index is 0.302. The summed E-state index contributed by atoms with van der Waals surface area (Å²) in [5.74, 6) is 0. The van der Waals surface area contributed by atoms with Gasteiger partial charge in [-0.15, -0.1) is 0 Å². The molecule has 4 rings (SSSR count). The van der Waals surface area contributed by atoms with Gasteiger partial charge in [-0.05, 0) is 42.4 Å². The van der Waals surface area contributed by atoms with Crippen LogP contribution >= 0.6 is 0 Å². The Morgan fingerprint density at radius 3 is 1.36 bits per heavy atom. The maximum Gasteiger partial charge on any atom is 0.336 e. The summed E-state index contributed by atoms with van der Waals surface area (Å²) in [5, 5.41) is 9.26. The maximum absolute atomic E-state index is 10.7. The minimum atomic E-state index is -1.38. The molecule has 33 heavy (non-hydrogen) atoms. The minimum Gasteiger partial charge on any atom is -0.423 e. The Balaban J connectivity index is 0.000000240. The Morgan fingerprint density at radius 2 is 1.06 bits per heavy atom. The fourth-order valence-corrected chi connectivity index (χ4v) is 2.94. The monoisotopic (exact) mass is 470 g/mol. The van der Waals surface area contributed by atoms with Crippen LogP contribution < -0.4 is 11.3 Å². The third-order valence-electron chi connectivity index (χ3n) is 5.37. The molecule has 2 aromatic carbocycles. The topological polar surface area (TPSA) is 89.9 Å². The van der Waals surface area contributed by atoms with E-state index >= 15 is 0 Å². The van der Waals surface area contributed by atoms with Gasteiger partial charge in [-0.3, -0.25) is 0 Å². The summed E-state index contributed by atoms with van der Waals surface area (Å²) in [6.45, 7) is 11.2. The summed E-state index contributed by atoms with van der Waals surface area (Å²) in [4.78, 5) is 21.4. The van der Waals surface area contributed by atoms with Crippen molar-refractivity contribution in [3.05, 3.63) is 93.6 Å². The Kier molecular flexibility index (Phi) is 10.9. The molecule has 0 atom stereocenters. The van der Waals surface area contributed by atoms with Crippen molar-refractivity contribution in [2.75, 3.05) is 14.2 Å². The van der Waals surface area contributed by atoms with Crippen LogP contribution in [0, 0.1) is 0 Å². The molecule has 0 amide bonds. The number of benzene rings is 2. The van der Waals surface area contributed by atoms with Crippen molar-refractivity contribution in [1.82, 2.24) is 0 Å². The molecular formula is C26H34O6Si. The number of aliphatic hydroxyl groups is 1. The van der Waals surface area contributed by atoms with E-state index in [0.29, 0.717) is 16.2 Å². The second-order valence-corrected chi connectivity index (χ2v) is 13.5. The van der Waals surface area contributed by atoms with E-state index in [1.165, 1.54) is 12.1 Å². The molecule has 0 bridgehead atoms. The predicted octanol–water partition coefficient (Wildman–Crippen LogP) is 5.83. The van der Waals surface area contributed by atoms with Crippen molar-refractivity contribution in [2.45, 2.75) is 38.9 Å². The van der Waals surface area contributed by atoms with Crippen molar-refractivity contribution in [3.63, 3.8) is 0 Å². The second-order valence-electron chi connectivity index (χ2n) is 8.55. The molecule has 2 heterocycles. The van der Waals surface area contributed by atoms with Gasteiger partial charge in [-0.25, -0.2) is 9.59 Å². The Bertz CT molecular complexity index is 1150. The van der Waals surface area contributed by atoms with Crippen LogP contribution in [0.1, 0.15) is 20.8 Å². The molecule has 4 aromatic rings. The van der Waals surface area contributed by atoms with Crippen molar-refractivity contribution in [1.29, 1.82) is 0 Å². The van der Waals surface area contributed by atoms with E-state index in [2.05, 4.69) is 33.9 Å². The zero-order valence-electron chi connectivity index (χ0n) is 20.4. The first kappa shape index (κ1) is 28.0. The molecular weight excluding hydrogens is 436 g/mol. The average molecular weight is 471 g/mol. The van der Waals surface area contributed by atoms with Crippen LogP contribution in [0.15, 0.2) is 91.2 Å². The summed E-state index contributed by atoms with van der Waals surface area (Å²) < 4.78 is 15.3. The first-order valence-electron chi connectivity index (χ1n) is 10.5. The lowest BCUT2D eigenvalue weighted by Gasteiger charge is -2.34. The Labute approximate surface area is 195 Å². The lowest BCUT2D eigenvalue weighted by atomic mass is 10.2. The van der Waals surface area contributed by atoms with Crippen LogP contribution in [-0.2, 0) is 4.43 Å². The second kappa shape index (κ2) is 12.9. The molecule has 0 unspecified atom stereocenters. The zero-order valence-corrected chi connectivity index (χ0v) is 21.4. The maximum atomic E-state index is 10.7. The van der Waals surface area contributed by atoms with Gasteiger partial charge in [0.05, 0.1) is 0 Å². The van der Waals surface area contributed by atoms with Crippen molar-refractivity contribution in [3.8, 4) is 0 Å². The fraction of sp³-hybridized carbons (Fsp3) is 0.308. The first-order valence-corrected chi connectivity index (χ1v) is 13.4. The largest absolute Gasteiger partial charge is 0.423 e. The molecule has 1 N–H and O–H groups in total. The van der Waals surface area contributed by atoms with Crippen LogP contribution in [-0.4, -0.2) is 27.6 Å². The van der Waals surface area contributed by atoms with Gasteiger partial charge in [0.2, 0.25) is 0 Å². The van der Waals surface area contributed by atoms with Gasteiger partial charge in [0.25, 0.3) is 0 Å². The van der Waals surface area contributed by atoms with Crippen molar-refractivity contribution >= 4 is 30.3 Å². The van der Waals surface area contributed by atoms with Gasteiger partial charge in [-0.2, -0.15) is 0 Å². The molecule has 178 valence electrons. The molecule has 0 spiro atoms. The summed E-state index contributed by atoms with van der Waals surface area (Å²) in [5.41, 5.74) is 0.674. The van der Waals surface area contributed by atoms with E-state index in [-0.39, 0.29) is 11.3 Å². The lowest BCUT2D eigenvalue weighted by Crippen LogP contribution is -2.39. The normalized spacial score (nSPS) is 10.8. The van der Waals surface area contributed by atoms with Crippen LogP contribution in [0.3, 0.4) is 0 Å². The van der Waals surface area contributed by atoms with E-state index in [1.54, 1.807) is 24.3 Å².